The fraction of sp³-hybridized carbons (Fsp3) is 0.429. The summed E-state index contributed by atoms with van der Waals surface area (Å²) < 4.78 is 13.8. The monoisotopic (exact) mass is 232 g/mol. The summed E-state index contributed by atoms with van der Waals surface area (Å²) in [5.74, 6) is 1.11. The largest absolute Gasteiger partial charge is 0.361 e. The van der Waals surface area contributed by atoms with Gasteiger partial charge in [0.15, 0.2) is 0 Å². The van der Waals surface area contributed by atoms with Crippen molar-refractivity contribution in [1.82, 2.24) is 9.88 Å². The standard InChI is InChI=1S/C14H17FN2/c1-17(2)8-9-6-10(9)11-7-16-13-5-3-4-12(15)14(11)13/h3-5,7,9-10,16H,6,8H2,1-2H3/t9-,10+/m1/s1. The van der Waals surface area contributed by atoms with Gasteiger partial charge in [-0.3, -0.25) is 0 Å². The molecule has 17 heavy (non-hydrogen) atoms. The van der Waals surface area contributed by atoms with Crippen LogP contribution < -0.4 is 0 Å². The number of H-pyrrole nitrogens is 1. The molecule has 1 aliphatic rings. The zero-order chi connectivity index (χ0) is 12.0. The molecule has 1 heterocycles. The Labute approximate surface area is 100 Å². The molecule has 0 bridgehead atoms. The Kier molecular flexibility index (Phi) is 2.44. The molecule has 2 aromatic rings. The van der Waals surface area contributed by atoms with Crippen LogP contribution in [-0.2, 0) is 0 Å². The maximum absolute atomic E-state index is 13.8. The molecule has 1 N–H and O–H groups in total. The van der Waals surface area contributed by atoms with Gasteiger partial charge < -0.3 is 9.88 Å². The molecule has 1 aromatic heterocycles. The van der Waals surface area contributed by atoms with E-state index >= 15 is 0 Å². The van der Waals surface area contributed by atoms with Gasteiger partial charge in [-0.1, -0.05) is 6.07 Å². The summed E-state index contributed by atoms with van der Waals surface area (Å²) in [6.07, 6.45) is 3.16. The maximum Gasteiger partial charge on any atom is 0.132 e. The molecule has 2 atom stereocenters. The van der Waals surface area contributed by atoms with E-state index in [2.05, 4.69) is 24.0 Å². The highest BCUT2D eigenvalue weighted by atomic mass is 19.1. The molecule has 3 rings (SSSR count). The van der Waals surface area contributed by atoms with E-state index in [1.165, 1.54) is 6.42 Å². The number of aromatic amines is 1. The minimum absolute atomic E-state index is 0.103. The van der Waals surface area contributed by atoms with E-state index in [-0.39, 0.29) is 5.82 Å². The number of halogens is 1. The molecule has 1 aliphatic carbocycles. The van der Waals surface area contributed by atoms with Crippen LogP contribution in [0.3, 0.4) is 0 Å². The highest BCUT2D eigenvalue weighted by molar-refractivity contribution is 5.84. The number of rotatable bonds is 3. The van der Waals surface area contributed by atoms with E-state index in [0.29, 0.717) is 11.8 Å². The summed E-state index contributed by atoms with van der Waals surface area (Å²) in [5, 5.41) is 0.791. The molecule has 0 amide bonds. The molecule has 90 valence electrons. The Morgan fingerprint density at radius 3 is 3.00 bits per heavy atom. The maximum atomic E-state index is 13.8. The first kappa shape index (κ1) is 10.8. The molecule has 1 fully saturated rings. The molecule has 0 unspecified atom stereocenters. The third-order valence-corrected chi connectivity index (χ3v) is 3.61. The number of nitrogens with zero attached hydrogens (tertiary/aromatic N) is 1. The zero-order valence-electron chi connectivity index (χ0n) is 10.2. The van der Waals surface area contributed by atoms with Crippen LogP contribution >= 0.6 is 0 Å². The number of hydrogen-bond donors (Lipinski definition) is 1. The van der Waals surface area contributed by atoms with Gasteiger partial charge >= 0.3 is 0 Å². The lowest BCUT2D eigenvalue weighted by Gasteiger charge is -2.08. The van der Waals surface area contributed by atoms with Crippen LogP contribution in [0.4, 0.5) is 4.39 Å². The van der Waals surface area contributed by atoms with Crippen molar-refractivity contribution in [2.45, 2.75) is 12.3 Å². The van der Waals surface area contributed by atoms with Gasteiger partial charge in [-0.25, -0.2) is 4.39 Å². The molecule has 3 heteroatoms. The molecule has 1 saturated carbocycles. The van der Waals surface area contributed by atoms with Crippen LogP contribution in [0.25, 0.3) is 10.9 Å². The Morgan fingerprint density at radius 1 is 1.41 bits per heavy atom. The van der Waals surface area contributed by atoms with Gasteiger partial charge in [-0.15, -0.1) is 0 Å². The quantitative estimate of drug-likeness (QED) is 0.862. The van der Waals surface area contributed by atoms with Crippen molar-refractivity contribution < 1.29 is 4.39 Å². The second kappa shape index (κ2) is 3.84. The van der Waals surface area contributed by atoms with Crippen molar-refractivity contribution in [3.05, 3.63) is 35.8 Å². The van der Waals surface area contributed by atoms with Crippen LogP contribution in [0.15, 0.2) is 24.4 Å². The predicted molar refractivity (Wildman–Crippen MR) is 67.7 cm³/mol. The number of benzene rings is 1. The van der Waals surface area contributed by atoms with E-state index in [4.69, 9.17) is 0 Å². The first-order valence-electron chi connectivity index (χ1n) is 6.07. The molecule has 0 aliphatic heterocycles. The first-order chi connectivity index (χ1) is 8.16. The molecule has 1 aromatic carbocycles. The fourth-order valence-electron chi connectivity index (χ4n) is 2.76. The molecule has 2 nitrogen and oxygen atoms in total. The van der Waals surface area contributed by atoms with Gasteiger partial charge in [0.1, 0.15) is 5.82 Å². The first-order valence-corrected chi connectivity index (χ1v) is 6.07. The molecule has 0 saturated heterocycles. The normalized spacial score (nSPS) is 23.5. The average Bonchev–Trinajstić information content (AvgIpc) is 2.87. The lowest BCUT2D eigenvalue weighted by molar-refractivity contribution is 0.385. The third-order valence-electron chi connectivity index (χ3n) is 3.61. The second-order valence-corrected chi connectivity index (χ2v) is 5.27. The molecule has 0 spiro atoms. The number of fused-ring (bicyclic) bond motifs is 1. The van der Waals surface area contributed by atoms with Gasteiger partial charge in [0.05, 0.1) is 0 Å². The SMILES string of the molecule is CN(C)C[C@H]1C[C@@H]1c1c[nH]c2cccc(F)c12. The van der Waals surface area contributed by atoms with Crippen LogP contribution in [0.2, 0.25) is 0 Å². The van der Waals surface area contributed by atoms with Crippen molar-refractivity contribution in [2.75, 3.05) is 20.6 Å². The van der Waals surface area contributed by atoms with E-state index in [1.54, 1.807) is 12.1 Å². The average molecular weight is 232 g/mol. The molecule has 0 radical (unpaired) electrons. The van der Waals surface area contributed by atoms with Crippen molar-refractivity contribution >= 4 is 10.9 Å². The summed E-state index contributed by atoms with van der Waals surface area (Å²) in [6, 6.07) is 5.23. The summed E-state index contributed by atoms with van der Waals surface area (Å²) >= 11 is 0. The summed E-state index contributed by atoms with van der Waals surface area (Å²) in [7, 11) is 4.18. The van der Waals surface area contributed by atoms with Gasteiger partial charge in [0.25, 0.3) is 0 Å². The van der Waals surface area contributed by atoms with E-state index in [0.717, 1.165) is 23.0 Å². The van der Waals surface area contributed by atoms with Gasteiger partial charge in [-0.05, 0) is 50.0 Å². The van der Waals surface area contributed by atoms with Crippen LogP contribution in [0.5, 0.6) is 0 Å². The van der Waals surface area contributed by atoms with Crippen LogP contribution in [0, 0.1) is 11.7 Å². The predicted octanol–water partition coefficient (Wildman–Crippen LogP) is 2.97. The minimum atomic E-state index is -0.103. The summed E-state index contributed by atoms with van der Waals surface area (Å²) in [6.45, 7) is 1.09. The van der Waals surface area contributed by atoms with E-state index < -0.39 is 0 Å². The second-order valence-electron chi connectivity index (χ2n) is 5.27. The highest BCUT2D eigenvalue weighted by Crippen LogP contribution is 2.49. The lowest BCUT2D eigenvalue weighted by atomic mass is 10.1. The number of aromatic nitrogens is 1. The summed E-state index contributed by atoms with van der Waals surface area (Å²) in [5.41, 5.74) is 2.07. The van der Waals surface area contributed by atoms with Crippen molar-refractivity contribution in [1.29, 1.82) is 0 Å². The van der Waals surface area contributed by atoms with E-state index in [9.17, 15) is 4.39 Å². The summed E-state index contributed by atoms with van der Waals surface area (Å²) in [4.78, 5) is 5.37. The van der Waals surface area contributed by atoms with Crippen molar-refractivity contribution in [3.63, 3.8) is 0 Å². The topological polar surface area (TPSA) is 19.0 Å². The van der Waals surface area contributed by atoms with Gasteiger partial charge in [-0.2, -0.15) is 0 Å². The Morgan fingerprint density at radius 2 is 2.24 bits per heavy atom. The Balaban J connectivity index is 1.92. The fourth-order valence-corrected chi connectivity index (χ4v) is 2.76. The van der Waals surface area contributed by atoms with Crippen LogP contribution in [-0.4, -0.2) is 30.5 Å². The van der Waals surface area contributed by atoms with Crippen molar-refractivity contribution in [2.24, 2.45) is 5.92 Å². The van der Waals surface area contributed by atoms with Gasteiger partial charge in [0.2, 0.25) is 0 Å². The van der Waals surface area contributed by atoms with Crippen molar-refractivity contribution in [3.8, 4) is 0 Å². The lowest BCUT2D eigenvalue weighted by Crippen LogP contribution is -2.15. The van der Waals surface area contributed by atoms with Crippen LogP contribution in [0.1, 0.15) is 17.9 Å². The smallest absolute Gasteiger partial charge is 0.132 e. The number of nitrogens with one attached hydrogen (secondary N) is 1. The van der Waals surface area contributed by atoms with Gasteiger partial charge in [0, 0.05) is 23.6 Å². The Bertz CT molecular complexity index is 544. The zero-order valence-corrected chi connectivity index (χ0v) is 10.2. The molecular weight excluding hydrogens is 215 g/mol. The third kappa shape index (κ3) is 1.84. The van der Waals surface area contributed by atoms with E-state index in [1.807, 2.05) is 12.3 Å². The highest BCUT2D eigenvalue weighted by Gasteiger charge is 2.40. The molecular formula is C14H17FN2. The minimum Gasteiger partial charge on any atom is -0.361 e. The number of hydrogen-bond acceptors (Lipinski definition) is 1. The Hall–Kier alpha value is -1.35.